The average molecular weight is 274 g/mol. The van der Waals surface area contributed by atoms with Crippen molar-refractivity contribution < 1.29 is 0 Å². The van der Waals surface area contributed by atoms with Gasteiger partial charge in [0.25, 0.3) is 0 Å². The molecule has 0 amide bonds. The Morgan fingerprint density at radius 2 is 1.90 bits per heavy atom. The summed E-state index contributed by atoms with van der Waals surface area (Å²) in [6.07, 6.45) is 9.74. The number of aromatic nitrogens is 3. The van der Waals surface area contributed by atoms with Crippen molar-refractivity contribution in [3.8, 4) is 0 Å². The molecule has 1 saturated carbocycles. The largest absolute Gasteiger partial charge is 0.310 e. The van der Waals surface area contributed by atoms with Crippen molar-refractivity contribution in [3.05, 3.63) is 11.6 Å². The van der Waals surface area contributed by atoms with Crippen LogP contribution >= 0.6 is 0 Å². The van der Waals surface area contributed by atoms with Gasteiger partial charge in [-0.15, -0.1) is 10.2 Å². The van der Waals surface area contributed by atoms with Crippen molar-refractivity contribution in [2.24, 2.45) is 11.8 Å². The zero-order valence-electron chi connectivity index (χ0n) is 12.6. The highest BCUT2D eigenvalue weighted by Gasteiger charge is 2.39. The van der Waals surface area contributed by atoms with Crippen molar-refractivity contribution in [2.45, 2.75) is 57.9 Å². The van der Waals surface area contributed by atoms with Gasteiger partial charge in [-0.25, -0.2) is 0 Å². The average Bonchev–Trinajstić information content (AvgIpc) is 3.03. The second-order valence-corrected chi connectivity index (χ2v) is 7.12. The van der Waals surface area contributed by atoms with E-state index in [1.807, 2.05) is 0 Å². The van der Waals surface area contributed by atoms with Gasteiger partial charge in [0.1, 0.15) is 11.6 Å². The molecule has 0 spiro atoms. The van der Waals surface area contributed by atoms with E-state index in [1.54, 1.807) is 0 Å². The summed E-state index contributed by atoms with van der Waals surface area (Å²) < 4.78 is 2.44. The number of fused-ring (bicyclic) bond motifs is 3. The van der Waals surface area contributed by atoms with Crippen LogP contribution in [0.2, 0.25) is 0 Å². The first-order chi connectivity index (χ1) is 9.81. The minimum atomic E-state index is 0.650. The normalized spacial score (nSPS) is 31.2. The highest BCUT2D eigenvalue weighted by Crippen LogP contribution is 2.37. The monoisotopic (exact) mass is 274 g/mol. The summed E-state index contributed by atoms with van der Waals surface area (Å²) in [6, 6.07) is 0.650. The summed E-state index contributed by atoms with van der Waals surface area (Å²) in [5.41, 5.74) is 0. The topological polar surface area (TPSA) is 34.0 Å². The SMILES string of the molecule is Cc1nnc2n1[C@H]1CN(CC3CCCCC3)C[C@H]1CC2. The minimum absolute atomic E-state index is 0.650. The van der Waals surface area contributed by atoms with Crippen LogP contribution in [0.1, 0.15) is 56.2 Å². The quantitative estimate of drug-likeness (QED) is 0.831. The van der Waals surface area contributed by atoms with E-state index in [9.17, 15) is 0 Å². The molecule has 0 radical (unpaired) electrons. The van der Waals surface area contributed by atoms with E-state index in [0.717, 1.165) is 24.1 Å². The van der Waals surface area contributed by atoms with Gasteiger partial charge in [0.2, 0.25) is 0 Å². The van der Waals surface area contributed by atoms with E-state index in [0.29, 0.717) is 6.04 Å². The first-order valence-corrected chi connectivity index (χ1v) is 8.44. The van der Waals surface area contributed by atoms with Crippen molar-refractivity contribution in [3.63, 3.8) is 0 Å². The molecule has 4 heteroatoms. The van der Waals surface area contributed by atoms with Crippen LogP contribution in [0.4, 0.5) is 0 Å². The van der Waals surface area contributed by atoms with Gasteiger partial charge < -0.3 is 9.47 Å². The maximum Gasteiger partial charge on any atom is 0.133 e. The Morgan fingerprint density at radius 1 is 1.05 bits per heavy atom. The van der Waals surface area contributed by atoms with Gasteiger partial charge in [-0.2, -0.15) is 0 Å². The van der Waals surface area contributed by atoms with Crippen LogP contribution in [0.25, 0.3) is 0 Å². The summed E-state index contributed by atoms with van der Waals surface area (Å²) in [7, 11) is 0. The number of rotatable bonds is 2. The van der Waals surface area contributed by atoms with Gasteiger partial charge in [0.05, 0.1) is 6.04 Å². The van der Waals surface area contributed by atoms with Crippen molar-refractivity contribution in [2.75, 3.05) is 19.6 Å². The molecule has 2 fully saturated rings. The summed E-state index contributed by atoms with van der Waals surface area (Å²) in [5.74, 6) is 4.14. The van der Waals surface area contributed by atoms with Gasteiger partial charge in [0.15, 0.2) is 0 Å². The summed E-state index contributed by atoms with van der Waals surface area (Å²) in [6.45, 7) is 5.98. The molecular formula is C16H26N4. The van der Waals surface area contributed by atoms with Gasteiger partial charge in [-0.05, 0) is 38.0 Å². The van der Waals surface area contributed by atoms with Crippen LogP contribution in [0.15, 0.2) is 0 Å². The van der Waals surface area contributed by atoms with Crippen LogP contribution in [-0.2, 0) is 6.42 Å². The fraction of sp³-hybridized carbons (Fsp3) is 0.875. The molecule has 1 saturated heterocycles. The Balaban J connectivity index is 1.46. The maximum atomic E-state index is 4.35. The molecule has 1 aliphatic carbocycles. The zero-order valence-corrected chi connectivity index (χ0v) is 12.6. The molecule has 3 aliphatic rings. The molecule has 0 aromatic carbocycles. The molecule has 0 N–H and O–H groups in total. The fourth-order valence-corrected chi connectivity index (χ4v) is 4.73. The highest BCUT2D eigenvalue weighted by atomic mass is 15.3. The molecule has 0 unspecified atom stereocenters. The molecule has 20 heavy (non-hydrogen) atoms. The molecule has 3 heterocycles. The van der Waals surface area contributed by atoms with Crippen LogP contribution in [0.5, 0.6) is 0 Å². The van der Waals surface area contributed by atoms with E-state index < -0.39 is 0 Å². The molecule has 4 nitrogen and oxygen atoms in total. The third-order valence-corrected chi connectivity index (χ3v) is 5.73. The molecule has 1 aromatic heterocycles. The van der Waals surface area contributed by atoms with Crippen LogP contribution in [0.3, 0.4) is 0 Å². The Bertz CT molecular complexity index is 475. The first-order valence-electron chi connectivity index (χ1n) is 8.44. The molecule has 110 valence electrons. The first kappa shape index (κ1) is 12.8. The number of aryl methyl sites for hydroxylation is 2. The maximum absolute atomic E-state index is 4.35. The number of nitrogens with zero attached hydrogens (tertiary/aromatic N) is 4. The van der Waals surface area contributed by atoms with E-state index in [-0.39, 0.29) is 0 Å². The lowest BCUT2D eigenvalue weighted by Gasteiger charge is -2.27. The lowest BCUT2D eigenvalue weighted by Crippen LogP contribution is -2.29. The molecule has 2 atom stereocenters. The fourth-order valence-electron chi connectivity index (χ4n) is 4.73. The molecule has 2 aliphatic heterocycles. The molecule has 0 bridgehead atoms. The molecular weight excluding hydrogens is 248 g/mol. The van der Waals surface area contributed by atoms with Gasteiger partial charge in [0, 0.05) is 26.1 Å². The van der Waals surface area contributed by atoms with Crippen molar-refractivity contribution in [1.82, 2.24) is 19.7 Å². The van der Waals surface area contributed by atoms with Crippen LogP contribution in [-0.4, -0.2) is 39.3 Å². The van der Waals surface area contributed by atoms with Gasteiger partial charge >= 0.3 is 0 Å². The zero-order chi connectivity index (χ0) is 13.5. The summed E-state index contributed by atoms with van der Waals surface area (Å²) in [4.78, 5) is 2.74. The van der Waals surface area contributed by atoms with Gasteiger partial charge in [-0.3, -0.25) is 0 Å². The Kier molecular flexibility index (Phi) is 3.29. The predicted molar refractivity (Wildman–Crippen MR) is 78.6 cm³/mol. The number of hydrogen-bond donors (Lipinski definition) is 0. The number of likely N-dealkylation sites (tertiary alicyclic amines) is 1. The van der Waals surface area contributed by atoms with Gasteiger partial charge in [-0.1, -0.05) is 19.3 Å². The third kappa shape index (κ3) is 2.18. The van der Waals surface area contributed by atoms with E-state index in [2.05, 4.69) is 26.6 Å². The molecule has 1 aromatic rings. The number of hydrogen-bond acceptors (Lipinski definition) is 3. The smallest absolute Gasteiger partial charge is 0.133 e. The van der Waals surface area contributed by atoms with Crippen LogP contribution in [0, 0.1) is 18.8 Å². The summed E-state index contributed by atoms with van der Waals surface area (Å²) >= 11 is 0. The Hall–Kier alpha value is -0.900. The third-order valence-electron chi connectivity index (χ3n) is 5.73. The van der Waals surface area contributed by atoms with Crippen LogP contribution < -0.4 is 0 Å². The highest BCUT2D eigenvalue weighted by molar-refractivity contribution is 5.06. The lowest BCUT2D eigenvalue weighted by molar-refractivity contribution is 0.226. The minimum Gasteiger partial charge on any atom is -0.310 e. The van der Waals surface area contributed by atoms with Crippen molar-refractivity contribution in [1.29, 1.82) is 0 Å². The standard InChI is InChI=1S/C16H26N4/c1-12-17-18-16-8-7-14-10-19(11-15(14)20(12)16)9-13-5-3-2-4-6-13/h13-15H,2-11H2,1H3/t14-,15+/m1/s1. The van der Waals surface area contributed by atoms with Crippen molar-refractivity contribution >= 4 is 0 Å². The Labute approximate surface area is 121 Å². The second kappa shape index (κ2) is 5.14. The second-order valence-electron chi connectivity index (χ2n) is 7.12. The van der Waals surface area contributed by atoms with E-state index >= 15 is 0 Å². The summed E-state index contributed by atoms with van der Waals surface area (Å²) in [5, 5.41) is 8.65. The lowest BCUT2D eigenvalue weighted by atomic mass is 9.89. The van der Waals surface area contributed by atoms with E-state index in [4.69, 9.17) is 0 Å². The molecule has 4 rings (SSSR count). The Morgan fingerprint density at radius 3 is 2.75 bits per heavy atom. The predicted octanol–water partition coefficient (Wildman–Crippen LogP) is 2.59. The van der Waals surface area contributed by atoms with E-state index in [1.165, 1.54) is 64.0 Å².